The zero-order valence-electron chi connectivity index (χ0n) is 17.7. The number of nitrogens with zero attached hydrogens (tertiary/aromatic N) is 1. The van der Waals surface area contributed by atoms with Gasteiger partial charge >= 0.3 is 12.2 Å². The molecule has 2 aromatic carbocycles. The Labute approximate surface area is 176 Å². The number of hydrogen-bond donors (Lipinski definition) is 1. The molecule has 8 heteroatoms. The molecular formula is C22H28N2O6. The Hall–Kier alpha value is -3.10. The molecule has 0 saturated heterocycles. The van der Waals surface area contributed by atoms with Crippen molar-refractivity contribution in [2.24, 2.45) is 0 Å². The van der Waals surface area contributed by atoms with E-state index in [1.54, 1.807) is 36.4 Å². The number of ether oxygens (including phenoxy) is 4. The van der Waals surface area contributed by atoms with Gasteiger partial charge in [-0.25, -0.2) is 9.59 Å². The lowest BCUT2D eigenvalue weighted by molar-refractivity contribution is -0.0943. The van der Waals surface area contributed by atoms with Crippen molar-refractivity contribution in [1.82, 2.24) is 0 Å². The number of carbonyl (C=O) groups excluding carboxylic acids is 2. The third-order valence-corrected chi connectivity index (χ3v) is 4.31. The van der Waals surface area contributed by atoms with E-state index in [-0.39, 0.29) is 18.4 Å². The van der Waals surface area contributed by atoms with Crippen LogP contribution in [-0.2, 0) is 14.2 Å². The van der Waals surface area contributed by atoms with Crippen molar-refractivity contribution in [1.29, 1.82) is 0 Å². The fourth-order valence-corrected chi connectivity index (χ4v) is 2.49. The van der Waals surface area contributed by atoms with Gasteiger partial charge in [-0.1, -0.05) is 31.2 Å². The van der Waals surface area contributed by atoms with Gasteiger partial charge in [-0.2, -0.15) is 0 Å². The Morgan fingerprint density at radius 3 is 2.37 bits per heavy atom. The summed E-state index contributed by atoms with van der Waals surface area (Å²) in [6.07, 6.45) is -1.29. The fourth-order valence-electron chi connectivity index (χ4n) is 2.49. The highest BCUT2D eigenvalue weighted by Gasteiger charge is 2.22. The SMILES string of the molecule is CCC(C)OC(=O)Nc1cccc(OC(=O)N(CC(OC)OC)c2ccccc2)c1. The van der Waals surface area contributed by atoms with Crippen molar-refractivity contribution in [2.75, 3.05) is 31.0 Å². The number of amides is 2. The minimum absolute atomic E-state index is 0.134. The Bertz CT molecular complexity index is 810. The molecule has 0 fully saturated rings. The van der Waals surface area contributed by atoms with Crippen LogP contribution in [0.25, 0.3) is 0 Å². The largest absolute Gasteiger partial charge is 0.446 e. The molecule has 2 aromatic rings. The van der Waals surface area contributed by atoms with E-state index >= 15 is 0 Å². The van der Waals surface area contributed by atoms with Gasteiger partial charge in [0.1, 0.15) is 11.9 Å². The van der Waals surface area contributed by atoms with Gasteiger partial charge in [0, 0.05) is 31.7 Å². The predicted octanol–water partition coefficient (Wildman–Crippen LogP) is 4.66. The maximum absolute atomic E-state index is 12.9. The van der Waals surface area contributed by atoms with Gasteiger partial charge in [-0.05, 0) is 37.6 Å². The number of rotatable bonds is 9. The Balaban J connectivity index is 2.12. The van der Waals surface area contributed by atoms with E-state index in [1.807, 2.05) is 32.0 Å². The Morgan fingerprint density at radius 2 is 1.73 bits per heavy atom. The average Bonchev–Trinajstić information content (AvgIpc) is 2.75. The van der Waals surface area contributed by atoms with Crippen LogP contribution in [0.1, 0.15) is 20.3 Å². The standard InChI is InChI=1S/C22H28N2O6/c1-5-16(2)29-21(25)23-17-10-9-13-19(14-17)30-22(26)24(15-20(27-3)28-4)18-11-7-6-8-12-18/h6-14,16,20H,5,15H2,1-4H3,(H,23,25). The smallest absolute Gasteiger partial charge is 0.419 e. The maximum atomic E-state index is 12.9. The summed E-state index contributed by atoms with van der Waals surface area (Å²) in [5, 5.41) is 2.63. The molecule has 0 saturated carbocycles. The molecule has 1 N–H and O–H groups in total. The molecule has 8 nitrogen and oxygen atoms in total. The minimum atomic E-state index is -0.624. The van der Waals surface area contributed by atoms with Crippen LogP contribution >= 0.6 is 0 Å². The van der Waals surface area contributed by atoms with Gasteiger partial charge in [-0.3, -0.25) is 10.2 Å². The number of para-hydroxylation sites is 1. The van der Waals surface area contributed by atoms with Gasteiger partial charge in [0.25, 0.3) is 0 Å². The van der Waals surface area contributed by atoms with E-state index in [1.165, 1.54) is 19.1 Å². The second-order valence-corrected chi connectivity index (χ2v) is 6.49. The van der Waals surface area contributed by atoms with Gasteiger partial charge in [0.2, 0.25) is 0 Å². The molecule has 0 aromatic heterocycles. The topological polar surface area (TPSA) is 86.3 Å². The number of hydrogen-bond acceptors (Lipinski definition) is 6. The first-order chi connectivity index (χ1) is 14.5. The second kappa shape index (κ2) is 11.8. The summed E-state index contributed by atoms with van der Waals surface area (Å²) in [6, 6.07) is 15.6. The zero-order chi connectivity index (χ0) is 21.9. The average molecular weight is 416 g/mol. The van der Waals surface area contributed by atoms with Gasteiger partial charge in [-0.15, -0.1) is 0 Å². The summed E-state index contributed by atoms with van der Waals surface area (Å²) < 4.78 is 21.2. The summed E-state index contributed by atoms with van der Waals surface area (Å²) in [6.45, 7) is 3.87. The molecule has 0 spiro atoms. The molecule has 0 radical (unpaired) electrons. The van der Waals surface area contributed by atoms with Crippen LogP contribution in [0.5, 0.6) is 5.75 Å². The van der Waals surface area contributed by atoms with Crippen molar-refractivity contribution < 1.29 is 28.5 Å². The third-order valence-electron chi connectivity index (χ3n) is 4.31. The maximum Gasteiger partial charge on any atom is 0.419 e. The van der Waals surface area contributed by atoms with E-state index in [0.29, 0.717) is 17.8 Å². The van der Waals surface area contributed by atoms with Crippen LogP contribution in [0.3, 0.4) is 0 Å². The van der Waals surface area contributed by atoms with Crippen LogP contribution in [0.15, 0.2) is 54.6 Å². The van der Waals surface area contributed by atoms with Crippen LogP contribution < -0.4 is 15.0 Å². The lowest BCUT2D eigenvalue weighted by atomic mass is 10.3. The predicted molar refractivity (Wildman–Crippen MR) is 114 cm³/mol. The molecule has 162 valence electrons. The van der Waals surface area contributed by atoms with E-state index < -0.39 is 18.5 Å². The molecule has 30 heavy (non-hydrogen) atoms. The molecule has 2 amide bonds. The number of nitrogens with one attached hydrogen (secondary N) is 1. The molecule has 0 aliphatic carbocycles. The number of methoxy groups -OCH3 is 2. The first-order valence-electron chi connectivity index (χ1n) is 9.64. The van der Waals surface area contributed by atoms with Gasteiger partial charge in [0.05, 0.1) is 6.54 Å². The summed E-state index contributed by atoms with van der Waals surface area (Å²) in [7, 11) is 2.99. The summed E-state index contributed by atoms with van der Waals surface area (Å²) in [5.41, 5.74) is 1.08. The van der Waals surface area contributed by atoms with E-state index in [9.17, 15) is 9.59 Å². The lowest BCUT2D eigenvalue weighted by Crippen LogP contribution is -2.40. The van der Waals surface area contributed by atoms with Crippen LogP contribution in [0.2, 0.25) is 0 Å². The molecule has 0 aliphatic rings. The summed E-state index contributed by atoms with van der Waals surface area (Å²) in [4.78, 5) is 26.2. The molecule has 2 rings (SSSR count). The van der Waals surface area contributed by atoms with Crippen molar-refractivity contribution in [3.63, 3.8) is 0 Å². The Morgan fingerprint density at radius 1 is 1.03 bits per heavy atom. The minimum Gasteiger partial charge on any atom is -0.446 e. The number of carbonyl (C=O) groups is 2. The molecule has 0 heterocycles. The van der Waals surface area contributed by atoms with Crippen molar-refractivity contribution in [2.45, 2.75) is 32.7 Å². The van der Waals surface area contributed by atoms with Gasteiger partial charge < -0.3 is 18.9 Å². The highest BCUT2D eigenvalue weighted by molar-refractivity contribution is 5.89. The zero-order valence-corrected chi connectivity index (χ0v) is 17.7. The molecule has 0 bridgehead atoms. The first kappa shape index (κ1) is 23.2. The van der Waals surface area contributed by atoms with Crippen molar-refractivity contribution >= 4 is 23.6 Å². The van der Waals surface area contributed by atoms with Gasteiger partial charge in [0.15, 0.2) is 6.29 Å². The van der Waals surface area contributed by atoms with Crippen molar-refractivity contribution in [3.05, 3.63) is 54.6 Å². The first-order valence-corrected chi connectivity index (χ1v) is 9.64. The molecule has 1 unspecified atom stereocenters. The van der Waals surface area contributed by atoms with E-state index in [4.69, 9.17) is 18.9 Å². The fraction of sp³-hybridized carbons (Fsp3) is 0.364. The van der Waals surface area contributed by atoms with Crippen LogP contribution in [0.4, 0.5) is 21.0 Å². The highest BCUT2D eigenvalue weighted by atomic mass is 16.7. The summed E-state index contributed by atoms with van der Waals surface area (Å²) in [5.74, 6) is 0.272. The molecular weight excluding hydrogens is 388 g/mol. The normalized spacial score (nSPS) is 11.6. The van der Waals surface area contributed by atoms with E-state index in [0.717, 1.165) is 0 Å². The van der Waals surface area contributed by atoms with Crippen LogP contribution in [-0.4, -0.2) is 45.3 Å². The van der Waals surface area contributed by atoms with Crippen LogP contribution in [0, 0.1) is 0 Å². The second-order valence-electron chi connectivity index (χ2n) is 6.49. The number of benzene rings is 2. The van der Waals surface area contributed by atoms with Crippen molar-refractivity contribution in [3.8, 4) is 5.75 Å². The lowest BCUT2D eigenvalue weighted by Gasteiger charge is -2.25. The molecule has 0 aliphatic heterocycles. The number of anilines is 2. The highest BCUT2D eigenvalue weighted by Crippen LogP contribution is 2.21. The summed E-state index contributed by atoms with van der Waals surface area (Å²) >= 11 is 0. The van der Waals surface area contributed by atoms with E-state index in [2.05, 4.69) is 5.32 Å². The quantitative estimate of drug-likeness (QED) is 0.599. The molecule has 1 atom stereocenters. The Kier molecular flexibility index (Phi) is 9.11. The third kappa shape index (κ3) is 7.06. The monoisotopic (exact) mass is 416 g/mol.